The lowest BCUT2D eigenvalue weighted by atomic mass is 10.2. The van der Waals surface area contributed by atoms with E-state index >= 15 is 0 Å². The molecular formula is C11H11ClN4O2. The van der Waals surface area contributed by atoms with Gasteiger partial charge in [-0.2, -0.15) is 0 Å². The third-order valence-electron chi connectivity index (χ3n) is 2.47. The number of nitrogens with zero attached hydrogens (tertiary/aromatic N) is 2. The smallest absolute Gasteiger partial charge is 0.271 e. The highest BCUT2D eigenvalue weighted by Gasteiger charge is 2.12. The van der Waals surface area contributed by atoms with E-state index in [-0.39, 0.29) is 11.7 Å². The molecule has 0 aliphatic rings. The highest BCUT2D eigenvalue weighted by atomic mass is 35.5. The lowest BCUT2D eigenvalue weighted by Gasteiger charge is -2.13. The van der Waals surface area contributed by atoms with Crippen molar-refractivity contribution in [2.75, 3.05) is 5.32 Å². The maximum absolute atomic E-state index is 10.6. The molecule has 0 fully saturated rings. The van der Waals surface area contributed by atoms with Crippen LogP contribution < -0.4 is 5.32 Å². The van der Waals surface area contributed by atoms with Crippen LogP contribution in [-0.2, 0) is 0 Å². The van der Waals surface area contributed by atoms with Gasteiger partial charge in [-0.25, -0.2) is 4.98 Å². The molecule has 1 aromatic heterocycles. The second kappa shape index (κ2) is 5.05. The fraction of sp³-hybridized carbons (Fsp3) is 0.182. The summed E-state index contributed by atoms with van der Waals surface area (Å²) in [6.45, 7) is 1.91. The second-order valence-electron chi connectivity index (χ2n) is 3.76. The van der Waals surface area contributed by atoms with Gasteiger partial charge in [0.15, 0.2) is 0 Å². The van der Waals surface area contributed by atoms with E-state index in [0.29, 0.717) is 10.7 Å². The zero-order chi connectivity index (χ0) is 13.1. The van der Waals surface area contributed by atoms with Crippen LogP contribution in [0.5, 0.6) is 0 Å². The van der Waals surface area contributed by atoms with Gasteiger partial charge < -0.3 is 10.3 Å². The normalized spacial score (nSPS) is 12.1. The van der Waals surface area contributed by atoms with Crippen LogP contribution >= 0.6 is 11.6 Å². The first-order valence-electron chi connectivity index (χ1n) is 5.27. The van der Waals surface area contributed by atoms with E-state index in [1.54, 1.807) is 18.5 Å². The van der Waals surface area contributed by atoms with Crippen LogP contribution in [0.3, 0.4) is 0 Å². The predicted molar refractivity (Wildman–Crippen MR) is 68.7 cm³/mol. The minimum absolute atomic E-state index is 0.0313. The summed E-state index contributed by atoms with van der Waals surface area (Å²) in [7, 11) is 0. The van der Waals surface area contributed by atoms with Crippen molar-refractivity contribution >= 4 is 23.0 Å². The molecule has 0 amide bonds. The Morgan fingerprint density at radius 2 is 2.33 bits per heavy atom. The Kier molecular flexibility index (Phi) is 3.47. The molecule has 0 aliphatic carbocycles. The molecule has 0 bridgehead atoms. The lowest BCUT2D eigenvalue weighted by Crippen LogP contribution is -2.08. The van der Waals surface area contributed by atoms with Crippen LogP contribution in [0.1, 0.15) is 18.8 Å². The molecule has 1 unspecified atom stereocenters. The topological polar surface area (TPSA) is 83.8 Å². The molecule has 2 aromatic rings. The Bertz CT molecular complexity index is 556. The van der Waals surface area contributed by atoms with Crippen molar-refractivity contribution < 1.29 is 4.92 Å². The Labute approximate surface area is 108 Å². The van der Waals surface area contributed by atoms with Crippen molar-refractivity contribution in [2.24, 2.45) is 0 Å². The summed E-state index contributed by atoms with van der Waals surface area (Å²) >= 11 is 5.98. The first-order valence-corrected chi connectivity index (χ1v) is 5.65. The van der Waals surface area contributed by atoms with Crippen LogP contribution in [-0.4, -0.2) is 14.9 Å². The minimum atomic E-state index is -0.481. The Morgan fingerprint density at radius 1 is 1.56 bits per heavy atom. The molecular weight excluding hydrogens is 256 g/mol. The molecule has 1 aromatic carbocycles. The van der Waals surface area contributed by atoms with Crippen molar-refractivity contribution in [1.82, 2.24) is 9.97 Å². The van der Waals surface area contributed by atoms with Crippen LogP contribution in [0.2, 0.25) is 5.02 Å². The van der Waals surface area contributed by atoms with Gasteiger partial charge in [0.1, 0.15) is 5.82 Å². The summed E-state index contributed by atoms with van der Waals surface area (Å²) in [6, 6.07) is 4.24. The number of nitro groups is 1. The van der Waals surface area contributed by atoms with Gasteiger partial charge in [0.25, 0.3) is 5.69 Å². The van der Waals surface area contributed by atoms with Crippen LogP contribution in [0.4, 0.5) is 11.4 Å². The molecule has 0 radical (unpaired) electrons. The fourth-order valence-corrected chi connectivity index (χ4v) is 1.78. The van der Waals surface area contributed by atoms with Crippen molar-refractivity contribution in [2.45, 2.75) is 13.0 Å². The predicted octanol–water partition coefficient (Wildman–Crippen LogP) is 3.14. The molecule has 1 heterocycles. The number of imidazole rings is 1. The Morgan fingerprint density at radius 3 is 2.89 bits per heavy atom. The zero-order valence-electron chi connectivity index (χ0n) is 9.55. The summed E-state index contributed by atoms with van der Waals surface area (Å²) in [5.41, 5.74) is 0.599. The summed E-state index contributed by atoms with van der Waals surface area (Å²) in [5, 5.41) is 14.0. The van der Waals surface area contributed by atoms with E-state index in [4.69, 9.17) is 11.6 Å². The highest BCUT2D eigenvalue weighted by Crippen LogP contribution is 2.28. The number of aromatic nitrogens is 2. The third-order valence-corrected chi connectivity index (χ3v) is 2.78. The maximum atomic E-state index is 10.6. The van der Waals surface area contributed by atoms with Gasteiger partial charge in [-0.1, -0.05) is 11.6 Å². The average molecular weight is 267 g/mol. The van der Waals surface area contributed by atoms with E-state index in [1.807, 2.05) is 6.92 Å². The number of H-pyrrole nitrogens is 1. The molecule has 0 saturated heterocycles. The number of nitro benzene ring substituents is 1. The molecule has 18 heavy (non-hydrogen) atoms. The van der Waals surface area contributed by atoms with Crippen LogP contribution in [0, 0.1) is 10.1 Å². The third kappa shape index (κ3) is 2.60. The van der Waals surface area contributed by atoms with Crippen molar-refractivity contribution in [3.8, 4) is 0 Å². The van der Waals surface area contributed by atoms with Crippen molar-refractivity contribution in [1.29, 1.82) is 0 Å². The number of nitrogens with one attached hydrogen (secondary N) is 2. The van der Waals surface area contributed by atoms with Gasteiger partial charge in [-0.05, 0) is 13.0 Å². The summed E-state index contributed by atoms with van der Waals surface area (Å²) < 4.78 is 0. The van der Waals surface area contributed by atoms with E-state index in [2.05, 4.69) is 15.3 Å². The SMILES string of the molecule is CC(Nc1ccc([N+](=O)[O-])cc1Cl)c1ncc[nH]1. The summed E-state index contributed by atoms with van der Waals surface area (Å²) in [4.78, 5) is 17.2. The van der Waals surface area contributed by atoms with E-state index in [1.165, 1.54) is 12.1 Å². The summed E-state index contributed by atoms with van der Waals surface area (Å²) in [6.07, 6.45) is 3.38. The van der Waals surface area contributed by atoms with Gasteiger partial charge in [-0.15, -0.1) is 0 Å². The standard InChI is InChI=1S/C11H11ClN4O2/c1-7(11-13-4-5-14-11)15-10-3-2-8(16(17)18)6-9(10)12/h2-7,15H,1H3,(H,13,14). The molecule has 7 heteroatoms. The number of non-ortho nitro benzene ring substituents is 1. The van der Waals surface area contributed by atoms with Crippen LogP contribution in [0.25, 0.3) is 0 Å². The lowest BCUT2D eigenvalue weighted by molar-refractivity contribution is -0.384. The van der Waals surface area contributed by atoms with Crippen molar-refractivity contribution in [3.63, 3.8) is 0 Å². The first kappa shape index (κ1) is 12.4. The minimum Gasteiger partial charge on any atom is -0.374 e. The molecule has 2 N–H and O–H groups in total. The summed E-state index contributed by atoms with van der Waals surface area (Å²) in [5.74, 6) is 0.768. The number of hydrogen-bond donors (Lipinski definition) is 2. The van der Waals surface area contributed by atoms with Crippen molar-refractivity contribution in [3.05, 3.63) is 51.6 Å². The molecule has 0 saturated carbocycles. The molecule has 6 nitrogen and oxygen atoms in total. The molecule has 1 atom stereocenters. The van der Waals surface area contributed by atoms with Gasteiger partial charge in [0, 0.05) is 24.5 Å². The van der Waals surface area contributed by atoms with E-state index in [0.717, 1.165) is 5.82 Å². The number of aromatic amines is 1. The molecule has 2 rings (SSSR count). The number of benzene rings is 1. The number of rotatable bonds is 4. The second-order valence-corrected chi connectivity index (χ2v) is 4.17. The highest BCUT2D eigenvalue weighted by molar-refractivity contribution is 6.33. The maximum Gasteiger partial charge on any atom is 0.271 e. The number of halogens is 1. The zero-order valence-corrected chi connectivity index (χ0v) is 10.3. The Balaban J connectivity index is 2.17. The largest absolute Gasteiger partial charge is 0.374 e. The van der Waals surface area contributed by atoms with Gasteiger partial charge in [-0.3, -0.25) is 10.1 Å². The molecule has 0 aliphatic heterocycles. The fourth-order valence-electron chi connectivity index (χ4n) is 1.55. The average Bonchev–Trinajstić information content (AvgIpc) is 2.85. The van der Waals surface area contributed by atoms with E-state index < -0.39 is 4.92 Å². The number of hydrogen-bond acceptors (Lipinski definition) is 4. The van der Waals surface area contributed by atoms with Gasteiger partial charge >= 0.3 is 0 Å². The van der Waals surface area contributed by atoms with Crippen LogP contribution in [0.15, 0.2) is 30.6 Å². The van der Waals surface area contributed by atoms with Gasteiger partial charge in [0.2, 0.25) is 0 Å². The first-order chi connectivity index (χ1) is 8.58. The van der Waals surface area contributed by atoms with Gasteiger partial charge in [0.05, 0.1) is 21.7 Å². The number of anilines is 1. The molecule has 94 valence electrons. The molecule has 0 spiro atoms. The monoisotopic (exact) mass is 266 g/mol. The Hall–Kier alpha value is -2.08. The van der Waals surface area contributed by atoms with E-state index in [9.17, 15) is 10.1 Å². The quantitative estimate of drug-likeness (QED) is 0.658.